The van der Waals surface area contributed by atoms with Gasteiger partial charge in [-0.15, -0.1) is 0 Å². The topological polar surface area (TPSA) is 20.3 Å². The molecule has 0 aromatic heterocycles. The molecule has 0 aromatic rings. The van der Waals surface area contributed by atoms with Gasteiger partial charge in [0.15, 0.2) is 0 Å². The van der Waals surface area contributed by atoms with E-state index in [1.165, 1.54) is 25.0 Å². The Labute approximate surface area is 95.9 Å². The van der Waals surface area contributed by atoms with Gasteiger partial charge in [-0.1, -0.05) is 13.8 Å². The van der Waals surface area contributed by atoms with Crippen LogP contribution < -0.4 is 0 Å². The highest BCUT2D eigenvalue weighted by atomic mass is 32.2. The summed E-state index contributed by atoms with van der Waals surface area (Å²) in [5.74, 6) is 2.27. The summed E-state index contributed by atoms with van der Waals surface area (Å²) in [5.41, 5.74) is 0.892. The number of nitrogens with zero attached hydrogens (tertiary/aromatic N) is 1. The fourth-order valence-corrected chi connectivity index (χ4v) is 6.01. The standard InChI is InChI=1S/C12H19NOS/c1-8(14)13-10-6-9-4-5-12(10,7-15-13)11(9,2)3/h9-10H,4-7H2,1-3H3/t9-,10-,12-/m0/s1. The monoisotopic (exact) mass is 225 g/mol. The van der Waals surface area contributed by atoms with Gasteiger partial charge in [0.2, 0.25) is 5.91 Å². The molecule has 1 spiro atoms. The highest BCUT2D eigenvalue weighted by Crippen LogP contribution is 2.71. The minimum absolute atomic E-state index is 0.255. The van der Waals surface area contributed by atoms with Crippen molar-refractivity contribution >= 4 is 17.9 Å². The molecular formula is C12H19NOS. The normalized spacial score (nSPS) is 45.9. The van der Waals surface area contributed by atoms with Gasteiger partial charge < -0.3 is 0 Å². The van der Waals surface area contributed by atoms with Crippen LogP contribution in [0.15, 0.2) is 0 Å². The Bertz CT molecular complexity index is 328. The van der Waals surface area contributed by atoms with E-state index in [0.29, 0.717) is 16.9 Å². The lowest BCUT2D eigenvalue weighted by molar-refractivity contribution is -0.126. The first-order valence-electron chi connectivity index (χ1n) is 5.92. The Balaban J connectivity index is 2.00. The third-order valence-electron chi connectivity index (χ3n) is 5.44. The fraction of sp³-hybridized carbons (Fsp3) is 0.917. The molecule has 1 amide bonds. The van der Waals surface area contributed by atoms with Gasteiger partial charge in [-0.3, -0.25) is 9.10 Å². The van der Waals surface area contributed by atoms with E-state index in [1.807, 2.05) is 0 Å². The van der Waals surface area contributed by atoms with Crippen molar-refractivity contribution < 1.29 is 4.79 Å². The molecule has 0 radical (unpaired) electrons. The van der Waals surface area contributed by atoms with Crippen LogP contribution in [0.3, 0.4) is 0 Å². The van der Waals surface area contributed by atoms with Gasteiger partial charge in [-0.25, -0.2) is 0 Å². The SMILES string of the molecule is CC(=O)N1SC[C@@]23CC[C@@H](C[C@H]12)C3(C)C. The van der Waals surface area contributed by atoms with E-state index < -0.39 is 0 Å². The summed E-state index contributed by atoms with van der Waals surface area (Å²) in [5, 5.41) is 0. The molecule has 1 heterocycles. The molecular weight excluding hydrogens is 206 g/mol. The molecule has 1 aliphatic heterocycles. The molecule has 3 heteroatoms. The first-order chi connectivity index (χ1) is 6.99. The van der Waals surface area contributed by atoms with Crippen LogP contribution in [0.5, 0.6) is 0 Å². The molecule has 0 N–H and O–H groups in total. The van der Waals surface area contributed by atoms with Gasteiger partial charge >= 0.3 is 0 Å². The van der Waals surface area contributed by atoms with Crippen molar-refractivity contribution in [2.75, 3.05) is 5.75 Å². The second-order valence-electron chi connectivity index (χ2n) is 5.98. The van der Waals surface area contributed by atoms with Crippen molar-refractivity contribution in [3.63, 3.8) is 0 Å². The highest BCUT2D eigenvalue weighted by molar-refractivity contribution is 7.97. The largest absolute Gasteiger partial charge is 0.283 e. The maximum atomic E-state index is 11.6. The zero-order valence-electron chi connectivity index (χ0n) is 9.75. The number of hydrogen-bond donors (Lipinski definition) is 0. The highest BCUT2D eigenvalue weighted by Gasteiger charge is 2.68. The molecule has 3 rings (SSSR count). The Morgan fingerprint density at radius 1 is 1.47 bits per heavy atom. The van der Waals surface area contributed by atoms with Crippen LogP contribution in [0.1, 0.15) is 40.0 Å². The van der Waals surface area contributed by atoms with Crippen LogP contribution in [0, 0.1) is 16.7 Å². The zero-order valence-corrected chi connectivity index (χ0v) is 10.6. The molecule has 0 aromatic carbocycles. The Kier molecular flexibility index (Phi) is 1.82. The lowest BCUT2D eigenvalue weighted by atomic mass is 9.69. The molecule has 2 bridgehead atoms. The summed E-state index contributed by atoms with van der Waals surface area (Å²) < 4.78 is 2.07. The van der Waals surface area contributed by atoms with Crippen molar-refractivity contribution in [2.45, 2.75) is 46.1 Å². The van der Waals surface area contributed by atoms with Crippen LogP contribution in [0.4, 0.5) is 0 Å². The minimum Gasteiger partial charge on any atom is -0.283 e. The average Bonchev–Trinajstić information content (AvgIpc) is 2.72. The second-order valence-corrected chi connectivity index (χ2v) is 6.92. The fourth-order valence-electron chi connectivity index (χ4n) is 4.28. The van der Waals surface area contributed by atoms with Gasteiger partial charge in [-0.05, 0) is 42.5 Å². The average molecular weight is 225 g/mol. The van der Waals surface area contributed by atoms with Gasteiger partial charge in [0.05, 0.1) is 6.04 Å². The predicted molar refractivity (Wildman–Crippen MR) is 62.3 cm³/mol. The molecule has 2 saturated carbocycles. The summed E-state index contributed by atoms with van der Waals surface area (Å²) >= 11 is 1.78. The predicted octanol–water partition coefficient (Wildman–Crippen LogP) is 2.69. The van der Waals surface area contributed by atoms with Gasteiger partial charge in [0.1, 0.15) is 0 Å². The van der Waals surface area contributed by atoms with Crippen molar-refractivity contribution in [1.82, 2.24) is 4.31 Å². The Hall–Kier alpha value is -0.180. The van der Waals surface area contributed by atoms with E-state index in [-0.39, 0.29) is 5.91 Å². The van der Waals surface area contributed by atoms with Crippen LogP contribution in [0.25, 0.3) is 0 Å². The lowest BCUT2D eigenvalue weighted by Crippen LogP contribution is -2.42. The van der Waals surface area contributed by atoms with Crippen LogP contribution in [-0.2, 0) is 4.79 Å². The Morgan fingerprint density at radius 2 is 2.20 bits per heavy atom. The summed E-state index contributed by atoms with van der Waals surface area (Å²) in [7, 11) is 0. The van der Waals surface area contributed by atoms with Gasteiger partial charge in [0, 0.05) is 18.1 Å². The molecule has 3 atom stereocenters. The second kappa shape index (κ2) is 2.73. The minimum atomic E-state index is 0.255. The van der Waals surface area contributed by atoms with Crippen LogP contribution in [-0.4, -0.2) is 22.0 Å². The maximum absolute atomic E-state index is 11.6. The first kappa shape index (κ1) is 10.0. The van der Waals surface area contributed by atoms with Gasteiger partial charge in [0.25, 0.3) is 0 Å². The zero-order chi connectivity index (χ0) is 10.8. The summed E-state index contributed by atoms with van der Waals surface area (Å²) in [6, 6.07) is 0.536. The molecule has 0 unspecified atom stereocenters. The number of fused-ring (bicyclic) bond motifs is 1. The van der Waals surface area contributed by atoms with E-state index in [4.69, 9.17) is 0 Å². The van der Waals surface area contributed by atoms with Gasteiger partial charge in [-0.2, -0.15) is 0 Å². The van der Waals surface area contributed by atoms with E-state index >= 15 is 0 Å². The van der Waals surface area contributed by atoms with E-state index in [9.17, 15) is 4.79 Å². The summed E-state index contributed by atoms with van der Waals surface area (Å²) in [6.45, 7) is 6.56. The van der Waals surface area contributed by atoms with Crippen molar-refractivity contribution in [2.24, 2.45) is 16.7 Å². The van der Waals surface area contributed by atoms with E-state index in [2.05, 4.69) is 18.2 Å². The van der Waals surface area contributed by atoms with Crippen molar-refractivity contribution in [3.05, 3.63) is 0 Å². The molecule has 2 aliphatic carbocycles. The van der Waals surface area contributed by atoms with Crippen molar-refractivity contribution in [3.8, 4) is 0 Å². The Morgan fingerprint density at radius 3 is 2.80 bits per heavy atom. The van der Waals surface area contributed by atoms with Crippen molar-refractivity contribution in [1.29, 1.82) is 0 Å². The maximum Gasteiger partial charge on any atom is 0.229 e. The van der Waals surface area contributed by atoms with E-state index in [0.717, 1.165) is 5.92 Å². The van der Waals surface area contributed by atoms with Crippen LogP contribution in [0.2, 0.25) is 0 Å². The molecule has 3 aliphatic rings. The lowest BCUT2D eigenvalue weighted by Gasteiger charge is -2.37. The third kappa shape index (κ3) is 0.961. The summed E-state index contributed by atoms with van der Waals surface area (Å²) in [6.07, 6.45) is 3.97. The molecule has 1 saturated heterocycles. The molecule has 15 heavy (non-hydrogen) atoms. The smallest absolute Gasteiger partial charge is 0.229 e. The number of carbonyl (C=O) groups excluding carboxylic acids is 1. The number of rotatable bonds is 0. The number of carbonyl (C=O) groups is 1. The van der Waals surface area contributed by atoms with E-state index in [1.54, 1.807) is 18.9 Å². The molecule has 3 fully saturated rings. The van der Waals surface area contributed by atoms with Crippen LogP contribution >= 0.6 is 11.9 Å². The first-order valence-corrected chi connectivity index (χ1v) is 6.86. The number of hydrogen-bond acceptors (Lipinski definition) is 2. The summed E-state index contributed by atoms with van der Waals surface area (Å²) in [4.78, 5) is 11.6. The number of amides is 1. The molecule has 84 valence electrons. The molecule has 2 nitrogen and oxygen atoms in total. The quantitative estimate of drug-likeness (QED) is 0.591. The third-order valence-corrected chi connectivity index (χ3v) is 6.88.